The number of Topliss-reactive ketones (excluding diaryl/α,β-unsaturated/α-hetero) is 2. The number of aliphatic hydroxyl groups is 2. The first-order valence-electron chi connectivity index (χ1n) is 45.5. The van der Waals surface area contributed by atoms with Crippen molar-refractivity contribution in [3.8, 4) is 5.75 Å². The third-order valence-corrected chi connectivity index (χ3v) is 26.3. The number of nitrogens with zero attached hydrogens (tertiary/aromatic N) is 6. The van der Waals surface area contributed by atoms with Gasteiger partial charge >= 0.3 is 12.1 Å². The Hall–Kier alpha value is -13.1. The third kappa shape index (κ3) is 27.6. The van der Waals surface area contributed by atoms with Crippen molar-refractivity contribution in [2.75, 3.05) is 58.9 Å². The largest absolute Gasteiger partial charge is 0.508 e. The monoisotopic (exact) mass is 1920 g/mol. The summed E-state index contributed by atoms with van der Waals surface area (Å²) in [6, 6.07) is 0.277. The molecule has 0 spiro atoms. The molecule has 2 bridgehead atoms. The molecule has 3 aromatic carbocycles. The van der Waals surface area contributed by atoms with Gasteiger partial charge in [0.25, 0.3) is 0 Å². The van der Waals surface area contributed by atoms with Gasteiger partial charge in [-0.2, -0.15) is 13.2 Å². The van der Waals surface area contributed by atoms with Crippen LogP contribution in [0.2, 0.25) is 0 Å². The van der Waals surface area contributed by atoms with E-state index in [1.54, 1.807) is 60.9 Å². The lowest BCUT2D eigenvalue weighted by molar-refractivity contribution is -0.149. The molecule has 3 saturated heterocycles. The second kappa shape index (κ2) is 48.4. The highest BCUT2D eigenvalue weighted by Gasteiger charge is 2.48. The summed E-state index contributed by atoms with van der Waals surface area (Å²) in [6.45, 7) is 3.55. The van der Waals surface area contributed by atoms with Crippen molar-refractivity contribution in [1.82, 2.24) is 92.3 Å². The molecule has 6 aromatic rings. The number of amides is 15. The summed E-state index contributed by atoms with van der Waals surface area (Å²) < 4.78 is 41.8. The molecular formula is C92H120F3N19O21S. The molecule has 136 heavy (non-hydrogen) atoms. The number of ketones is 2. The number of phenolic OH excluding ortho intramolecular Hbond substituents is 1. The normalized spacial score (nSPS) is 26.1. The molecule has 3 aromatic heterocycles. The van der Waals surface area contributed by atoms with Gasteiger partial charge < -0.3 is 104 Å². The molecule has 3 aliphatic heterocycles. The van der Waals surface area contributed by atoms with E-state index in [0.717, 1.165) is 31.4 Å². The second-order valence-corrected chi connectivity index (χ2v) is 36.1. The number of phenols is 1. The van der Waals surface area contributed by atoms with Crippen LogP contribution in [0.15, 0.2) is 97.7 Å². The molecule has 40 nitrogen and oxygen atoms in total. The number of carbonyl (C=O) groups excluding carboxylic acids is 18. The molecular weight excluding hydrogens is 1800 g/mol. The smallest absolute Gasteiger partial charge is 0.472 e. The van der Waals surface area contributed by atoms with Gasteiger partial charge in [-0.15, -0.1) is 11.8 Å². The Labute approximate surface area is 785 Å². The number of aromatic nitrogens is 4. The van der Waals surface area contributed by atoms with Crippen molar-refractivity contribution in [3.05, 3.63) is 120 Å². The number of aromatic amines is 2. The number of rotatable bonds is 18. The number of primary amides is 1. The number of halogens is 3. The number of fused-ring (bicyclic) bond motifs is 12. The number of carbonyl (C=O) groups is 18. The number of aromatic hydroxyl groups is 1. The van der Waals surface area contributed by atoms with E-state index in [1.807, 2.05) is 13.8 Å². The van der Waals surface area contributed by atoms with Gasteiger partial charge in [0.1, 0.15) is 72.5 Å². The fourth-order valence-corrected chi connectivity index (χ4v) is 18.3. The summed E-state index contributed by atoms with van der Waals surface area (Å²) >= 11 is 0.764. The SMILES string of the molecule is CCCC[C@H]1C(=O)N(C)[C@@H](CCCC)C(=O)N[C@@H](C)C(=O)N[C@H](C(=O)NCC(N)=O)CSCC(=O)N[C@@H](Cc2ccc(O)cc2)C(=O)N(C)[C@@H](C)C(=O)N[C@@H]2CCC(=O)NCCC[C@@H](NC(=O)[C@H](Cc3cn(C(=O)C(F)(F)F)cn3)NC(=O)[C@@H]3CCCC3C2=O)C(=O)N2C[C@H](O)C[C@H]2C(=O)C[C@@H](Cc2c[nH]c3ccccc23)C(=O)N[C@@H](CO)C(=O)N[C@@H](Cc2c[nH]c3ccccc23)C(=O)N1C. The summed E-state index contributed by atoms with van der Waals surface area (Å²) in [5, 5.41) is 60.3. The van der Waals surface area contributed by atoms with Crippen LogP contribution in [0.5, 0.6) is 5.75 Å². The number of aliphatic hydroxyl groups excluding tert-OH is 2. The van der Waals surface area contributed by atoms with E-state index < -0.39 is 278 Å². The van der Waals surface area contributed by atoms with E-state index in [-0.39, 0.29) is 80.3 Å². The minimum absolute atomic E-state index is 0.00554. The van der Waals surface area contributed by atoms with E-state index in [0.29, 0.717) is 76.7 Å². The number of nitrogens with one attached hydrogen (secondary N) is 12. The van der Waals surface area contributed by atoms with Crippen LogP contribution in [0.25, 0.3) is 21.8 Å². The quantitative estimate of drug-likeness (QED) is 0.0552. The van der Waals surface area contributed by atoms with Crippen molar-refractivity contribution in [3.63, 3.8) is 0 Å². The van der Waals surface area contributed by atoms with Gasteiger partial charge in [-0.05, 0) is 106 Å². The van der Waals surface area contributed by atoms with Crippen LogP contribution in [-0.4, -0.2) is 304 Å². The maximum Gasteiger partial charge on any atom is 0.472 e. The minimum atomic E-state index is -5.42. The number of hydrogen-bond acceptors (Lipinski definition) is 23. The Morgan fingerprint density at radius 3 is 1.84 bits per heavy atom. The van der Waals surface area contributed by atoms with Crippen LogP contribution < -0.4 is 58.9 Å². The third-order valence-electron chi connectivity index (χ3n) is 25.3. The molecule has 6 heterocycles. The molecule has 16 atom stereocenters. The predicted molar refractivity (Wildman–Crippen MR) is 487 cm³/mol. The fourth-order valence-electron chi connectivity index (χ4n) is 17.4. The van der Waals surface area contributed by atoms with Crippen molar-refractivity contribution in [2.24, 2.45) is 23.5 Å². The molecule has 1 saturated carbocycles. The number of alkyl halides is 3. The zero-order valence-electron chi connectivity index (χ0n) is 76.6. The van der Waals surface area contributed by atoms with Crippen molar-refractivity contribution in [1.29, 1.82) is 0 Å². The summed E-state index contributed by atoms with van der Waals surface area (Å²) in [4.78, 5) is 278. The first-order valence-corrected chi connectivity index (χ1v) is 46.6. The average molecular weight is 1920 g/mol. The van der Waals surface area contributed by atoms with E-state index >= 15 is 43.2 Å². The van der Waals surface area contributed by atoms with E-state index in [2.05, 4.69) is 68.1 Å². The lowest BCUT2D eigenvalue weighted by atomic mass is 9.86. The van der Waals surface area contributed by atoms with Crippen molar-refractivity contribution in [2.45, 2.75) is 234 Å². The van der Waals surface area contributed by atoms with Crippen LogP contribution >= 0.6 is 11.8 Å². The second-order valence-electron chi connectivity index (χ2n) is 35.1. The lowest BCUT2D eigenvalue weighted by Crippen LogP contribution is -2.60. The summed E-state index contributed by atoms with van der Waals surface area (Å²) in [5.74, 6) is -23.5. The standard InChI is InChI=1S/C92H120F3N19O21S/c1-8-10-25-71-86(130)102-49(3)79(123)109-70(83(127)100-42-75(96)119)46-136-47-77(121)103-67(34-51-27-29-56(116)30-28-51)87(131)110(5)50(4)80(124)104-64-31-32-76(120)97-33-17-24-65(105-84(128)66(106-82(126)61-21-16-20-60(61)78(64)122)38-55-43-113(48-101-55)91(135)92(93,94)95)89(133)114-44-57(117)39-73(114)74(118)37-52(35-53-40-98-62-22-14-12-18-58(53)62)81(125)108-69(45-115)85(129)107-68(36-54-41-99-63-23-15-13-19-59(54)63)88(132)112(7)72(26-11-9-2)90(134)111(71)6/h12-15,18-19,22-23,27-30,40-41,43,48-50,52,57,60-61,64-73,98-99,115-117H,8-11,16-17,20-21,24-26,31-39,42,44-47H2,1-7H3,(H2,96,119)(H,97,120)(H,100,127)(H,102,130)(H,103,121)(H,104,124)(H,105,128)(H,106,126)(H,107,129)(H,108,125)(H,109,123)/t49-,50-,52+,57+,60?,61+,64+,65+,66-,67-,68-,69-,70-,71-,72-,73-/m0/s1. The van der Waals surface area contributed by atoms with Gasteiger partial charge in [0.15, 0.2) is 11.6 Å². The van der Waals surface area contributed by atoms with Gasteiger partial charge in [-0.25, -0.2) is 4.98 Å². The van der Waals surface area contributed by atoms with Crippen LogP contribution in [0.1, 0.15) is 151 Å². The molecule has 10 rings (SSSR count). The van der Waals surface area contributed by atoms with Gasteiger partial charge in [0, 0.05) is 137 Å². The first kappa shape index (κ1) is 105. The topological polar surface area (TPSA) is 577 Å². The maximum absolute atomic E-state index is 15.7. The van der Waals surface area contributed by atoms with Gasteiger partial charge in [0.2, 0.25) is 88.6 Å². The fraction of sp³-hybridized carbons (Fsp3) is 0.533. The average Bonchev–Trinajstić information content (AvgIpc) is 1.70. The molecule has 4 aliphatic rings. The molecule has 4 fully saturated rings. The number of imidazole rings is 1. The number of H-pyrrole nitrogens is 2. The van der Waals surface area contributed by atoms with E-state index in [4.69, 9.17) is 5.73 Å². The summed E-state index contributed by atoms with van der Waals surface area (Å²) in [7, 11) is 3.89. The van der Waals surface area contributed by atoms with E-state index in [9.17, 15) is 71.6 Å². The Morgan fingerprint density at radius 2 is 1.19 bits per heavy atom. The molecule has 736 valence electrons. The number of para-hydroxylation sites is 2. The first-order chi connectivity index (χ1) is 64.7. The van der Waals surface area contributed by atoms with Gasteiger partial charge in [-0.1, -0.05) is 94.5 Å². The summed E-state index contributed by atoms with van der Waals surface area (Å²) in [6.07, 6.45) is -5.11. The number of nitrogens with two attached hydrogens (primary N) is 1. The van der Waals surface area contributed by atoms with Crippen LogP contribution in [0.4, 0.5) is 13.2 Å². The summed E-state index contributed by atoms with van der Waals surface area (Å²) in [5.41, 5.74) is 7.60. The molecule has 0 radical (unpaired) electrons. The highest BCUT2D eigenvalue weighted by molar-refractivity contribution is 8.00. The maximum atomic E-state index is 15.7. The number of thioether (sulfide) groups is 1. The minimum Gasteiger partial charge on any atom is -0.508 e. The Kier molecular flexibility index (Phi) is 37.3. The molecule has 17 N–H and O–H groups in total. The van der Waals surface area contributed by atoms with Gasteiger partial charge in [-0.3, -0.25) is 90.9 Å². The van der Waals surface area contributed by atoms with Crippen LogP contribution in [0, 0.1) is 17.8 Å². The molecule has 15 amide bonds. The molecule has 44 heteroatoms. The molecule has 1 unspecified atom stereocenters. The zero-order valence-corrected chi connectivity index (χ0v) is 77.5. The van der Waals surface area contributed by atoms with Crippen LogP contribution in [0.3, 0.4) is 0 Å². The predicted octanol–water partition coefficient (Wildman–Crippen LogP) is 0.357. The number of benzene rings is 3. The highest BCUT2D eigenvalue weighted by Crippen LogP contribution is 2.36. The van der Waals surface area contributed by atoms with Crippen LogP contribution in [-0.2, 0) is 107 Å². The Bertz CT molecular complexity index is 5380. The van der Waals surface area contributed by atoms with Crippen molar-refractivity contribution >= 4 is 140 Å². The zero-order chi connectivity index (χ0) is 99.1. The number of hydrogen-bond donors (Lipinski definition) is 16. The number of likely N-dealkylation sites (N-methyl/N-ethyl adjacent to an activating group) is 3. The van der Waals surface area contributed by atoms with Crippen molar-refractivity contribution < 1.29 is 115 Å². The number of unbranched alkanes of at least 4 members (excludes halogenated alkanes) is 2. The Balaban J connectivity index is 1.03. The highest BCUT2D eigenvalue weighted by atomic mass is 32.2. The molecule has 1 aliphatic carbocycles. The van der Waals surface area contributed by atoms with Gasteiger partial charge in [0.05, 0.1) is 42.8 Å². The van der Waals surface area contributed by atoms with E-state index in [1.165, 1.54) is 59.3 Å². The Morgan fingerprint density at radius 1 is 0.596 bits per heavy atom. The lowest BCUT2D eigenvalue weighted by Gasteiger charge is -2.36.